The minimum atomic E-state index is -4.72. The molecule has 112 valence electrons. The Bertz CT molecular complexity index is 691. The second kappa shape index (κ2) is 6.08. The first-order chi connectivity index (χ1) is 9.68. The van der Waals surface area contributed by atoms with E-state index in [-0.39, 0.29) is 20.8 Å². The second-order valence-corrected chi connectivity index (χ2v) is 5.41. The quantitative estimate of drug-likeness (QED) is 0.596. The molecule has 0 atom stereocenters. The van der Waals surface area contributed by atoms with E-state index in [0.29, 0.717) is 0 Å². The average molecular weight is 377 g/mol. The first-order valence-electron chi connectivity index (χ1n) is 5.24. The topological polar surface area (TPSA) is 22.1 Å². The Morgan fingerprint density at radius 2 is 1.52 bits per heavy atom. The number of aromatic nitrogens is 1. The zero-order valence-corrected chi connectivity index (χ0v) is 12.8. The molecule has 0 saturated heterocycles. The van der Waals surface area contributed by atoms with Crippen molar-refractivity contribution in [1.82, 2.24) is 4.98 Å². The fourth-order valence-corrected chi connectivity index (χ4v) is 2.16. The molecule has 2 nitrogen and oxygen atoms in total. The van der Waals surface area contributed by atoms with E-state index >= 15 is 0 Å². The van der Waals surface area contributed by atoms with Crippen molar-refractivity contribution < 1.29 is 17.9 Å². The van der Waals surface area contributed by atoms with E-state index in [4.69, 9.17) is 51.1 Å². The smallest absolute Gasteiger partial charge is 0.434 e. The Kier molecular flexibility index (Phi) is 4.78. The molecule has 9 heteroatoms. The van der Waals surface area contributed by atoms with E-state index < -0.39 is 22.8 Å². The van der Waals surface area contributed by atoms with Crippen LogP contribution in [-0.4, -0.2) is 4.98 Å². The number of hydrogen-bond donors (Lipinski definition) is 0. The van der Waals surface area contributed by atoms with Crippen molar-refractivity contribution in [2.75, 3.05) is 0 Å². The molecule has 0 radical (unpaired) electrons. The van der Waals surface area contributed by atoms with Gasteiger partial charge in [-0.05, 0) is 18.2 Å². The van der Waals surface area contributed by atoms with Crippen molar-refractivity contribution >= 4 is 46.4 Å². The highest BCUT2D eigenvalue weighted by atomic mass is 35.5. The van der Waals surface area contributed by atoms with E-state index in [2.05, 4.69) is 4.98 Å². The highest BCUT2D eigenvalue weighted by molar-refractivity contribution is 6.42. The van der Waals surface area contributed by atoms with Gasteiger partial charge in [0.2, 0.25) is 5.88 Å². The number of pyridine rings is 1. The molecule has 0 N–H and O–H groups in total. The van der Waals surface area contributed by atoms with Gasteiger partial charge in [0.05, 0.1) is 15.1 Å². The van der Waals surface area contributed by atoms with E-state index in [0.717, 1.165) is 6.07 Å². The van der Waals surface area contributed by atoms with E-state index in [1.165, 1.54) is 18.2 Å². The summed E-state index contributed by atoms with van der Waals surface area (Å²) in [7, 11) is 0. The van der Waals surface area contributed by atoms with Gasteiger partial charge >= 0.3 is 6.18 Å². The Hall–Kier alpha value is -0.880. The largest absolute Gasteiger partial charge is 0.437 e. The van der Waals surface area contributed by atoms with Gasteiger partial charge in [-0.15, -0.1) is 0 Å². The van der Waals surface area contributed by atoms with Gasteiger partial charge in [-0.25, -0.2) is 4.98 Å². The average Bonchev–Trinajstić information content (AvgIpc) is 2.35. The Balaban J connectivity index is 2.42. The van der Waals surface area contributed by atoms with Crippen molar-refractivity contribution in [1.29, 1.82) is 0 Å². The predicted molar refractivity (Wildman–Crippen MR) is 75.8 cm³/mol. The Morgan fingerprint density at radius 1 is 0.857 bits per heavy atom. The summed E-state index contributed by atoms with van der Waals surface area (Å²) in [6.45, 7) is 0. The molecular weight excluding hydrogens is 373 g/mol. The van der Waals surface area contributed by atoms with Gasteiger partial charge in [0.15, 0.2) is 5.69 Å². The molecule has 2 rings (SSSR count). The molecule has 1 aromatic heterocycles. The normalized spacial score (nSPS) is 11.6. The number of hydrogen-bond acceptors (Lipinski definition) is 2. The maximum absolute atomic E-state index is 12.7. The lowest BCUT2D eigenvalue weighted by atomic mass is 10.3. The molecule has 0 aliphatic carbocycles. The maximum Gasteiger partial charge on any atom is 0.434 e. The molecule has 2 aromatic rings. The number of alkyl halides is 3. The van der Waals surface area contributed by atoms with Gasteiger partial charge in [-0.1, -0.05) is 46.4 Å². The summed E-state index contributed by atoms with van der Waals surface area (Å²) < 4.78 is 43.4. The molecule has 1 aromatic carbocycles. The van der Waals surface area contributed by atoms with Gasteiger partial charge in [-0.3, -0.25) is 0 Å². The van der Waals surface area contributed by atoms with Gasteiger partial charge in [0.1, 0.15) is 10.8 Å². The molecule has 0 saturated carbocycles. The number of halogens is 7. The van der Waals surface area contributed by atoms with Crippen LogP contribution in [0.3, 0.4) is 0 Å². The van der Waals surface area contributed by atoms with Crippen LogP contribution in [0.2, 0.25) is 20.1 Å². The lowest BCUT2D eigenvalue weighted by Gasteiger charge is -2.12. The Labute approximate surface area is 137 Å². The molecule has 0 fully saturated rings. The Morgan fingerprint density at radius 3 is 2.10 bits per heavy atom. The number of ether oxygens (including phenoxy) is 1. The summed E-state index contributed by atoms with van der Waals surface area (Å²) in [5.74, 6) is -0.305. The first kappa shape index (κ1) is 16.5. The fraction of sp³-hybridized carbons (Fsp3) is 0.0833. The second-order valence-electron chi connectivity index (χ2n) is 3.78. The predicted octanol–water partition coefficient (Wildman–Crippen LogP) is 6.51. The summed E-state index contributed by atoms with van der Waals surface area (Å²) in [6, 6.07) is 5.07. The summed E-state index contributed by atoms with van der Waals surface area (Å²) >= 11 is 22.8. The van der Waals surface area contributed by atoms with Crippen LogP contribution in [0, 0.1) is 0 Å². The monoisotopic (exact) mass is 375 g/mol. The molecule has 0 unspecified atom stereocenters. The van der Waals surface area contributed by atoms with Crippen molar-refractivity contribution in [2.24, 2.45) is 0 Å². The first-order valence-corrected chi connectivity index (χ1v) is 6.76. The standard InChI is InChI=1S/C12H4Cl4F3NO/c13-6-2-1-5(3-7(6)14)21-11-9(16)4-8(15)10(20-11)12(17,18)19/h1-4H. The van der Waals surface area contributed by atoms with Crippen LogP contribution in [0.1, 0.15) is 5.69 Å². The minimum Gasteiger partial charge on any atom is -0.437 e. The molecule has 1 heterocycles. The van der Waals surface area contributed by atoms with Crippen LogP contribution in [0.4, 0.5) is 13.2 Å². The van der Waals surface area contributed by atoms with Gasteiger partial charge in [-0.2, -0.15) is 13.2 Å². The van der Waals surface area contributed by atoms with Gasteiger partial charge in [0.25, 0.3) is 0 Å². The highest BCUT2D eigenvalue weighted by Crippen LogP contribution is 2.39. The third kappa shape index (κ3) is 3.86. The zero-order valence-electron chi connectivity index (χ0n) is 9.81. The van der Waals surface area contributed by atoms with Crippen molar-refractivity contribution in [3.63, 3.8) is 0 Å². The van der Waals surface area contributed by atoms with Crippen molar-refractivity contribution in [3.05, 3.63) is 50.0 Å². The van der Waals surface area contributed by atoms with Crippen LogP contribution in [0.15, 0.2) is 24.3 Å². The van der Waals surface area contributed by atoms with E-state index in [9.17, 15) is 13.2 Å². The van der Waals surface area contributed by atoms with E-state index in [1.54, 1.807) is 0 Å². The molecule has 0 spiro atoms. The van der Waals surface area contributed by atoms with Gasteiger partial charge in [0, 0.05) is 6.07 Å². The lowest BCUT2D eigenvalue weighted by molar-refractivity contribution is -0.141. The molecule has 0 amide bonds. The highest BCUT2D eigenvalue weighted by Gasteiger charge is 2.36. The third-order valence-corrected chi connectivity index (χ3v) is 3.57. The summed E-state index contributed by atoms with van der Waals surface area (Å²) in [5.41, 5.74) is -1.29. The SMILES string of the molecule is FC(F)(F)c1nc(Oc2ccc(Cl)c(Cl)c2)c(Cl)cc1Cl. The maximum atomic E-state index is 12.7. The van der Waals surface area contributed by atoms with Gasteiger partial charge < -0.3 is 4.74 Å². The molecule has 0 aliphatic rings. The summed E-state index contributed by atoms with van der Waals surface area (Å²) in [6.07, 6.45) is -4.72. The molecule has 0 aliphatic heterocycles. The lowest BCUT2D eigenvalue weighted by Crippen LogP contribution is -2.09. The van der Waals surface area contributed by atoms with Crippen molar-refractivity contribution in [2.45, 2.75) is 6.18 Å². The number of rotatable bonds is 2. The molecule has 0 bridgehead atoms. The van der Waals surface area contributed by atoms with Crippen LogP contribution in [0.25, 0.3) is 0 Å². The molecular formula is C12H4Cl4F3NO. The van der Waals surface area contributed by atoms with Crippen molar-refractivity contribution in [3.8, 4) is 11.6 Å². The number of nitrogens with zero attached hydrogens (tertiary/aromatic N) is 1. The van der Waals surface area contributed by atoms with Crippen LogP contribution in [-0.2, 0) is 6.18 Å². The summed E-state index contributed by atoms with van der Waals surface area (Å²) in [5, 5.41) is -0.335. The number of benzene rings is 1. The third-order valence-electron chi connectivity index (χ3n) is 2.27. The van der Waals surface area contributed by atoms with E-state index in [1.807, 2.05) is 0 Å². The summed E-state index contributed by atoms with van der Waals surface area (Å²) in [4.78, 5) is 3.30. The molecule has 21 heavy (non-hydrogen) atoms. The van der Waals surface area contributed by atoms with Crippen LogP contribution < -0.4 is 4.74 Å². The minimum absolute atomic E-state index is 0.134. The van der Waals surface area contributed by atoms with Crippen LogP contribution >= 0.6 is 46.4 Å². The zero-order chi connectivity index (χ0) is 15.8. The fourth-order valence-electron chi connectivity index (χ4n) is 1.37. The van der Waals surface area contributed by atoms with Crippen LogP contribution in [0.5, 0.6) is 11.6 Å².